The third-order valence-electron chi connectivity index (χ3n) is 4.30. The molecule has 4 rings (SSSR count). The number of rotatable bonds is 5. The summed E-state index contributed by atoms with van der Waals surface area (Å²) >= 11 is 8.20. The molecule has 1 amide bonds. The number of carbonyl (C=O) groups is 1. The molecule has 0 bridgehead atoms. The van der Waals surface area contributed by atoms with Gasteiger partial charge in [-0.1, -0.05) is 22.9 Å². The minimum Gasteiger partial charge on any atom is -0.281 e. The van der Waals surface area contributed by atoms with Gasteiger partial charge < -0.3 is 0 Å². The van der Waals surface area contributed by atoms with Crippen LogP contribution in [-0.4, -0.2) is 27.2 Å². The number of aryl methyl sites for hydroxylation is 2. The monoisotopic (exact) mass is 452 g/mol. The van der Waals surface area contributed by atoms with Crippen LogP contribution in [0.3, 0.4) is 0 Å². The van der Waals surface area contributed by atoms with Crippen LogP contribution in [0.4, 0.5) is 13.9 Å². The first kappa shape index (κ1) is 19.9. The van der Waals surface area contributed by atoms with E-state index in [0.29, 0.717) is 25.6 Å². The molecule has 0 aliphatic heterocycles. The summed E-state index contributed by atoms with van der Waals surface area (Å²) < 4.78 is 30.3. The predicted octanol–water partition coefficient (Wildman–Crippen LogP) is 5.45. The van der Waals surface area contributed by atoms with Gasteiger partial charge in [0.05, 0.1) is 26.2 Å². The molecule has 150 valence electrons. The molecule has 0 radical (unpaired) electrons. The highest BCUT2D eigenvalue weighted by Gasteiger charge is 2.24. The standard InChI is InChI=1S/C19H15ClF2N4OS2/c1-10-7-11(2)26(24-10)6-5-25(18(27)14-3-4-16(20)28-14)19-23-17-13(22)8-12(21)9-15(17)29-19/h3-4,7-9H,5-6H2,1-2H3. The summed E-state index contributed by atoms with van der Waals surface area (Å²) in [6, 6.07) is 7.23. The second-order valence-electron chi connectivity index (χ2n) is 6.44. The molecule has 0 saturated carbocycles. The summed E-state index contributed by atoms with van der Waals surface area (Å²) in [5.74, 6) is -1.74. The van der Waals surface area contributed by atoms with E-state index < -0.39 is 11.6 Å². The van der Waals surface area contributed by atoms with Gasteiger partial charge >= 0.3 is 0 Å². The van der Waals surface area contributed by atoms with Crippen molar-refractivity contribution in [1.29, 1.82) is 0 Å². The molecule has 0 atom stereocenters. The van der Waals surface area contributed by atoms with Crippen LogP contribution >= 0.6 is 34.3 Å². The van der Waals surface area contributed by atoms with Crippen LogP contribution < -0.4 is 4.90 Å². The van der Waals surface area contributed by atoms with Crippen molar-refractivity contribution in [2.24, 2.45) is 0 Å². The third-order valence-corrected chi connectivity index (χ3v) is 6.55. The van der Waals surface area contributed by atoms with E-state index in [4.69, 9.17) is 11.6 Å². The lowest BCUT2D eigenvalue weighted by molar-refractivity contribution is 0.0989. The zero-order chi connectivity index (χ0) is 20.7. The van der Waals surface area contributed by atoms with Crippen LogP contribution in [0.5, 0.6) is 0 Å². The molecule has 4 aromatic rings. The van der Waals surface area contributed by atoms with Crippen LogP contribution in [0.15, 0.2) is 30.3 Å². The van der Waals surface area contributed by atoms with Gasteiger partial charge in [-0.15, -0.1) is 11.3 Å². The average molecular weight is 453 g/mol. The fraction of sp³-hybridized carbons (Fsp3) is 0.211. The number of fused-ring (bicyclic) bond motifs is 1. The van der Waals surface area contributed by atoms with Crippen molar-refractivity contribution < 1.29 is 13.6 Å². The van der Waals surface area contributed by atoms with Crippen LogP contribution in [0, 0.1) is 25.5 Å². The molecule has 0 saturated heterocycles. The molecule has 10 heteroatoms. The number of nitrogens with zero attached hydrogens (tertiary/aromatic N) is 4. The molecule has 1 aromatic carbocycles. The molecule has 5 nitrogen and oxygen atoms in total. The maximum atomic E-state index is 14.1. The van der Waals surface area contributed by atoms with E-state index in [2.05, 4.69) is 10.1 Å². The van der Waals surface area contributed by atoms with E-state index >= 15 is 0 Å². The Balaban J connectivity index is 1.72. The molecule has 0 unspecified atom stereocenters. The Hall–Kier alpha value is -2.36. The Bertz CT molecular complexity index is 1220. The smallest absolute Gasteiger partial charge is 0.270 e. The first-order chi connectivity index (χ1) is 13.8. The van der Waals surface area contributed by atoms with Gasteiger partial charge in [-0.25, -0.2) is 13.8 Å². The third kappa shape index (κ3) is 4.03. The molecule has 29 heavy (non-hydrogen) atoms. The Morgan fingerprint density at radius 3 is 2.66 bits per heavy atom. The van der Waals surface area contributed by atoms with Crippen LogP contribution in [0.1, 0.15) is 21.1 Å². The molecule has 0 N–H and O–H groups in total. The second kappa shape index (κ2) is 7.81. The first-order valence-corrected chi connectivity index (χ1v) is 10.7. The number of amides is 1. The molecule has 3 aromatic heterocycles. The summed E-state index contributed by atoms with van der Waals surface area (Å²) in [6.45, 7) is 4.52. The highest BCUT2D eigenvalue weighted by atomic mass is 35.5. The molecular weight excluding hydrogens is 438 g/mol. The highest BCUT2D eigenvalue weighted by molar-refractivity contribution is 7.22. The number of halogens is 3. The summed E-state index contributed by atoms with van der Waals surface area (Å²) in [5, 5.41) is 4.71. The van der Waals surface area contributed by atoms with Gasteiger partial charge in [0, 0.05) is 18.3 Å². The molecule has 0 aliphatic carbocycles. The highest BCUT2D eigenvalue weighted by Crippen LogP contribution is 2.33. The first-order valence-electron chi connectivity index (χ1n) is 8.65. The van der Waals surface area contributed by atoms with Crippen molar-refractivity contribution in [3.8, 4) is 0 Å². The predicted molar refractivity (Wildman–Crippen MR) is 112 cm³/mol. The van der Waals surface area contributed by atoms with Crippen molar-refractivity contribution in [2.75, 3.05) is 11.4 Å². The van der Waals surface area contributed by atoms with E-state index in [9.17, 15) is 13.6 Å². The number of benzene rings is 1. The number of hydrogen-bond donors (Lipinski definition) is 0. The normalized spacial score (nSPS) is 11.3. The summed E-state index contributed by atoms with van der Waals surface area (Å²) in [4.78, 5) is 19.3. The van der Waals surface area contributed by atoms with Crippen molar-refractivity contribution in [1.82, 2.24) is 14.8 Å². The Morgan fingerprint density at radius 1 is 1.21 bits per heavy atom. The maximum Gasteiger partial charge on any atom is 0.270 e. The fourth-order valence-electron chi connectivity index (χ4n) is 3.00. The van der Waals surface area contributed by atoms with Gasteiger partial charge in [0.2, 0.25) is 0 Å². The lowest BCUT2D eigenvalue weighted by atomic mass is 10.3. The van der Waals surface area contributed by atoms with Crippen molar-refractivity contribution in [2.45, 2.75) is 20.4 Å². The van der Waals surface area contributed by atoms with E-state index in [1.54, 1.807) is 16.8 Å². The summed E-state index contributed by atoms with van der Waals surface area (Å²) in [6.07, 6.45) is 0. The second-order valence-corrected chi connectivity index (χ2v) is 9.17. The summed E-state index contributed by atoms with van der Waals surface area (Å²) in [7, 11) is 0. The number of anilines is 1. The number of thiazole rings is 1. The molecule has 0 fully saturated rings. The van der Waals surface area contributed by atoms with Crippen LogP contribution in [-0.2, 0) is 6.54 Å². The fourth-order valence-corrected chi connectivity index (χ4v) is 5.02. The zero-order valence-electron chi connectivity index (χ0n) is 15.4. The quantitative estimate of drug-likeness (QED) is 0.404. The van der Waals surface area contributed by atoms with Crippen molar-refractivity contribution in [3.63, 3.8) is 0 Å². The number of thiophene rings is 1. The minimum absolute atomic E-state index is 0.0412. The topological polar surface area (TPSA) is 51.0 Å². The minimum atomic E-state index is -0.757. The van der Waals surface area contributed by atoms with Gasteiger partial charge in [0.15, 0.2) is 10.9 Å². The van der Waals surface area contributed by atoms with Gasteiger partial charge in [-0.3, -0.25) is 14.4 Å². The van der Waals surface area contributed by atoms with Crippen molar-refractivity contribution in [3.05, 3.63) is 62.6 Å². The Labute approximate surface area is 178 Å². The zero-order valence-corrected chi connectivity index (χ0v) is 17.8. The SMILES string of the molecule is Cc1cc(C)n(CCN(C(=O)c2ccc(Cl)s2)c2nc3c(F)cc(F)cc3s2)n1. The van der Waals surface area contributed by atoms with Gasteiger partial charge in [-0.2, -0.15) is 5.10 Å². The van der Waals surface area contributed by atoms with Crippen LogP contribution in [0.2, 0.25) is 4.34 Å². The van der Waals surface area contributed by atoms with E-state index in [-0.39, 0.29) is 18.0 Å². The largest absolute Gasteiger partial charge is 0.281 e. The van der Waals surface area contributed by atoms with Gasteiger partial charge in [-0.05, 0) is 38.1 Å². The lowest BCUT2D eigenvalue weighted by Gasteiger charge is -2.19. The number of aromatic nitrogens is 3. The molecule has 0 aliphatic rings. The van der Waals surface area contributed by atoms with Crippen LogP contribution in [0.25, 0.3) is 10.2 Å². The number of hydrogen-bond acceptors (Lipinski definition) is 5. The molecular formula is C19H15ClF2N4OS2. The Morgan fingerprint density at radius 2 is 2.00 bits per heavy atom. The van der Waals surface area contributed by atoms with E-state index in [1.807, 2.05) is 19.9 Å². The number of carbonyl (C=O) groups excluding carboxylic acids is 1. The van der Waals surface area contributed by atoms with Gasteiger partial charge in [0.25, 0.3) is 5.91 Å². The maximum absolute atomic E-state index is 14.1. The summed E-state index contributed by atoms with van der Waals surface area (Å²) in [5.41, 5.74) is 1.88. The lowest BCUT2D eigenvalue weighted by Crippen LogP contribution is -2.33. The van der Waals surface area contributed by atoms with E-state index in [1.165, 1.54) is 11.0 Å². The van der Waals surface area contributed by atoms with E-state index in [0.717, 1.165) is 40.1 Å². The molecule has 3 heterocycles. The molecule has 0 spiro atoms. The Kier molecular flexibility index (Phi) is 5.37. The van der Waals surface area contributed by atoms with Crippen molar-refractivity contribution >= 4 is 55.5 Å². The average Bonchev–Trinajstić information content (AvgIpc) is 3.34. The van der Waals surface area contributed by atoms with Gasteiger partial charge in [0.1, 0.15) is 11.3 Å².